The molecule has 0 saturated heterocycles. The van der Waals surface area contributed by atoms with Crippen LogP contribution in [0.15, 0.2) is 41.1 Å². The molecule has 0 atom stereocenters. The molecule has 2 rings (SSSR count). The number of rotatable bonds is 2. The summed E-state index contributed by atoms with van der Waals surface area (Å²) in [4.78, 5) is 0. The summed E-state index contributed by atoms with van der Waals surface area (Å²) in [6.07, 6.45) is 4.28. The van der Waals surface area contributed by atoms with Gasteiger partial charge in [0.1, 0.15) is 0 Å². The van der Waals surface area contributed by atoms with Crippen LogP contribution in [0.4, 0.5) is 0 Å². The van der Waals surface area contributed by atoms with Gasteiger partial charge in [-0.2, -0.15) is 11.3 Å². The fourth-order valence-electron chi connectivity index (χ4n) is 1.24. The largest absolute Gasteiger partial charge is 0.152 e. The van der Waals surface area contributed by atoms with Gasteiger partial charge in [0.15, 0.2) is 0 Å². The van der Waals surface area contributed by atoms with Crippen LogP contribution in [-0.2, 0) is 0 Å². The molecule has 0 aliphatic heterocycles. The molecule has 0 N–H and O–H groups in total. The van der Waals surface area contributed by atoms with Crippen LogP contribution in [0.5, 0.6) is 0 Å². The highest BCUT2D eigenvalue weighted by Gasteiger charge is 1.87. The maximum absolute atomic E-state index is 2.14. The number of benzene rings is 1. The average molecular weight is 200 g/mol. The highest BCUT2D eigenvalue weighted by atomic mass is 32.1. The third-order valence-electron chi connectivity index (χ3n) is 2.09. The number of hydrogen-bond acceptors (Lipinski definition) is 1. The maximum Gasteiger partial charge on any atom is -0.00208 e. The van der Waals surface area contributed by atoms with Gasteiger partial charge in [-0.1, -0.05) is 42.0 Å². The van der Waals surface area contributed by atoms with E-state index in [9.17, 15) is 0 Å². The Bertz CT molecular complexity index is 407. The molecule has 0 spiro atoms. The zero-order chi connectivity index (χ0) is 9.80. The van der Waals surface area contributed by atoms with E-state index in [0.717, 1.165) is 0 Å². The molecule has 0 aliphatic carbocycles. The molecular weight excluding hydrogens is 188 g/mol. The van der Waals surface area contributed by atoms with Gasteiger partial charge < -0.3 is 0 Å². The Morgan fingerprint density at radius 2 is 1.64 bits per heavy atom. The molecular formula is C13H12S. The number of aryl methyl sites for hydroxylation is 1. The van der Waals surface area contributed by atoms with Crippen LogP contribution in [0.3, 0.4) is 0 Å². The highest BCUT2D eigenvalue weighted by Crippen LogP contribution is 2.11. The molecule has 1 heterocycles. The van der Waals surface area contributed by atoms with Crippen molar-refractivity contribution in [3.63, 3.8) is 0 Å². The van der Waals surface area contributed by atoms with Gasteiger partial charge in [-0.25, -0.2) is 0 Å². The van der Waals surface area contributed by atoms with Gasteiger partial charge in [-0.3, -0.25) is 0 Å². The van der Waals surface area contributed by atoms with Crippen molar-refractivity contribution in [1.29, 1.82) is 0 Å². The first kappa shape index (κ1) is 9.22. The van der Waals surface area contributed by atoms with E-state index in [-0.39, 0.29) is 0 Å². The van der Waals surface area contributed by atoms with Gasteiger partial charge >= 0.3 is 0 Å². The van der Waals surface area contributed by atoms with E-state index in [1.54, 1.807) is 11.3 Å². The molecule has 14 heavy (non-hydrogen) atoms. The van der Waals surface area contributed by atoms with Crippen molar-refractivity contribution in [2.75, 3.05) is 0 Å². The van der Waals surface area contributed by atoms with Crippen LogP contribution in [0.1, 0.15) is 16.7 Å². The lowest BCUT2D eigenvalue weighted by molar-refractivity contribution is 1.46. The molecule has 0 amide bonds. The van der Waals surface area contributed by atoms with Crippen LogP contribution < -0.4 is 0 Å². The third-order valence-corrected chi connectivity index (χ3v) is 2.79. The minimum atomic E-state index is 1.25. The van der Waals surface area contributed by atoms with Gasteiger partial charge in [-0.05, 0) is 34.9 Å². The number of hydrogen-bond donors (Lipinski definition) is 0. The van der Waals surface area contributed by atoms with Crippen LogP contribution in [-0.4, -0.2) is 0 Å². The zero-order valence-corrected chi connectivity index (χ0v) is 8.92. The summed E-state index contributed by atoms with van der Waals surface area (Å²) in [6, 6.07) is 10.7. The predicted octanol–water partition coefficient (Wildman–Crippen LogP) is 4.23. The molecule has 1 heteroatoms. The molecule has 1 aromatic heterocycles. The molecule has 0 aliphatic rings. The summed E-state index contributed by atoms with van der Waals surface area (Å²) in [7, 11) is 0. The SMILES string of the molecule is Cc1ccc(C=Cc2ccsc2)cc1. The topological polar surface area (TPSA) is 0 Å². The Hall–Kier alpha value is -1.34. The second-order valence-electron chi connectivity index (χ2n) is 3.30. The van der Waals surface area contributed by atoms with Crippen molar-refractivity contribution >= 4 is 23.5 Å². The third kappa shape index (κ3) is 2.33. The van der Waals surface area contributed by atoms with Crippen LogP contribution in [0.2, 0.25) is 0 Å². The quantitative estimate of drug-likeness (QED) is 0.680. The Morgan fingerprint density at radius 1 is 0.929 bits per heavy atom. The van der Waals surface area contributed by atoms with E-state index < -0.39 is 0 Å². The fourth-order valence-corrected chi connectivity index (χ4v) is 1.87. The summed E-state index contributed by atoms with van der Waals surface area (Å²) in [5.74, 6) is 0. The lowest BCUT2D eigenvalue weighted by Gasteiger charge is -1.93. The van der Waals surface area contributed by atoms with Gasteiger partial charge in [0.05, 0.1) is 0 Å². The summed E-state index contributed by atoms with van der Waals surface area (Å²) >= 11 is 1.73. The van der Waals surface area contributed by atoms with Crippen LogP contribution in [0.25, 0.3) is 12.2 Å². The molecule has 0 nitrogen and oxygen atoms in total. The molecule has 0 unspecified atom stereocenters. The van der Waals surface area contributed by atoms with E-state index in [0.29, 0.717) is 0 Å². The molecule has 70 valence electrons. The second kappa shape index (κ2) is 4.25. The normalized spacial score (nSPS) is 10.9. The standard InChI is InChI=1S/C13H12S/c1-11-2-4-12(5-3-11)6-7-13-8-9-14-10-13/h2-10H,1H3. The van der Waals surface area contributed by atoms with Gasteiger partial charge in [-0.15, -0.1) is 0 Å². The number of thiophene rings is 1. The first-order chi connectivity index (χ1) is 6.84. The lowest BCUT2D eigenvalue weighted by atomic mass is 10.1. The highest BCUT2D eigenvalue weighted by molar-refractivity contribution is 7.08. The molecule has 1 aromatic carbocycles. The van der Waals surface area contributed by atoms with Crippen LogP contribution in [0, 0.1) is 6.92 Å². The molecule has 0 bridgehead atoms. The zero-order valence-electron chi connectivity index (χ0n) is 8.10. The van der Waals surface area contributed by atoms with Crippen molar-refractivity contribution in [2.24, 2.45) is 0 Å². The van der Waals surface area contributed by atoms with Crippen molar-refractivity contribution < 1.29 is 0 Å². The first-order valence-corrected chi connectivity index (χ1v) is 5.56. The Labute approximate surface area is 88.5 Å². The van der Waals surface area contributed by atoms with Gasteiger partial charge in [0, 0.05) is 0 Å². The summed E-state index contributed by atoms with van der Waals surface area (Å²) in [5.41, 5.74) is 3.83. The van der Waals surface area contributed by atoms with Crippen molar-refractivity contribution in [3.8, 4) is 0 Å². The van der Waals surface area contributed by atoms with E-state index >= 15 is 0 Å². The Balaban J connectivity index is 2.15. The van der Waals surface area contributed by atoms with E-state index in [2.05, 4.69) is 60.2 Å². The summed E-state index contributed by atoms with van der Waals surface area (Å²) in [6.45, 7) is 2.10. The fraction of sp³-hybridized carbons (Fsp3) is 0.0769. The average Bonchev–Trinajstić information content (AvgIpc) is 2.70. The molecule has 0 fully saturated rings. The Kier molecular flexibility index (Phi) is 2.80. The van der Waals surface area contributed by atoms with E-state index in [1.807, 2.05) is 0 Å². The van der Waals surface area contributed by atoms with Crippen molar-refractivity contribution in [2.45, 2.75) is 6.92 Å². The summed E-state index contributed by atoms with van der Waals surface area (Å²) < 4.78 is 0. The Morgan fingerprint density at radius 3 is 2.29 bits per heavy atom. The van der Waals surface area contributed by atoms with E-state index in [4.69, 9.17) is 0 Å². The minimum absolute atomic E-state index is 1.25. The van der Waals surface area contributed by atoms with Gasteiger partial charge in [0.2, 0.25) is 0 Å². The molecule has 2 aromatic rings. The molecule has 0 saturated carbocycles. The lowest BCUT2D eigenvalue weighted by Crippen LogP contribution is -1.72. The smallest absolute Gasteiger partial charge is 0.00208 e. The second-order valence-corrected chi connectivity index (χ2v) is 4.08. The van der Waals surface area contributed by atoms with Gasteiger partial charge in [0.25, 0.3) is 0 Å². The first-order valence-electron chi connectivity index (χ1n) is 4.61. The van der Waals surface area contributed by atoms with Crippen molar-refractivity contribution in [3.05, 3.63) is 57.8 Å². The predicted molar refractivity (Wildman–Crippen MR) is 64.4 cm³/mol. The molecule has 0 radical (unpaired) electrons. The maximum atomic E-state index is 2.14. The summed E-state index contributed by atoms with van der Waals surface area (Å²) in [5, 5.41) is 4.24. The van der Waals surface area contributed by atoms with Crippen molar-refractivity contribution in [1.82, 2.24) is 0 Å². The monoisotopic (exact) mass is 200 g/mol. The minimum Gasteiger partial charge on any atom is -0.152 e. The van der Waals surface area contributed by atoms with Crippen LogP contribution >= 0.6 is 11.3 Å². The van der Waals surface area contributed by atoms with E-state index in [1.165, 1.54) is 16.7 Å².